The van der Waals surface area contributed by atoms with E-state index in [-0.39, 0.29) is 11.3 Å². The molecule has 1 saturated heterocycles. The molecule has 1 aliphatic rings. The summed E-state index contributed by atoms with van der Waals surface area (Å²) >= 11 is 1.88. The van der Waals surface area contributed by atoms with E-state index in [1.807, 2.05) is 27.5 Å². The van der Waals surface area contributed by atoms with Crippen molar-refractivity contribution in [2.45, 2.75) is 12.8 Å². The Labute approximate surface area is 106 Å². The summed E-state index contributed by atoms with van der Waals surface area (Å²) < 4.78 is 14.4. The van der Waals surface area contributed by atoms with Crippen LogP contribution in [0.1, 0.15) is 23.2 Å². The number of rotatable bonds is 2. The number of hydrogen-bond acceptors (Lipinski definition) is 2. The van der Waals surface area contributed by atoms with Crippen LogP contribution in [-0.4, -0.2) is 24.2 Å². The zero-order valence-corrected chi connectivity index (χ0v) is 10.7. The van der Waals surface area contributed by atoms with Gasteiger partial charge in [0, 0.05) is 13.1 Å². The third kappa shape index (κ3) is 2.00. The Bertz CT molecular complexity index is 430. The minimum atomic E-state index is -1.07. The zero-order chi connectivity index (χ0) is 11.7. The van der Waals surface area contributed by atoms with Crippen LogP contribution < -0.4 is 4.90 Å². The lowest BCUT2D eigenvalue weighted by Gasteiger charge is -2.21. The first-order valence-electron chi connectivity index (χ1n) is 5.07. The van der Waals surface area contributed by atoms with Gasteiger partial charge in [0.1, 0.15) is 0 Å². The van der Waals surface area contributed by atoms with Crippen LogP contribution in [0.5, 0.6) is 0 Å². The van der Waals surface area contributed by atoms with Gasteiger partial charge in [-0.15, -0.1) is 0 Å². The molecule has 0 spiro atoms. The van der Waals surface area contributed by atoms with Gasteiger partial charge in [-0.3, -0.25) is 0 Å². The van der Waals surface area contributed by atoms with E-state index in [9.17, 15) is 9.18 Å². The standard InChI is InChI=1S/C11H11FINO2/c12-9-8(13)4-3-7(11(15)16)10(9)14-5-1-2-6-14/h3-4H,1-2,5-6H2,(H,15,16). The monoisotopic (exact) mass is 335 g/mol. The fraction of sp³-hybridized carbons (Fsp3) is 0.364. The fourth-order valence-corrected chi connectivity index (χ4v) is 2.40. The highest BCUT2D eigenvalue weighted by atomic mass is 127. The lowest BCUT2D eigenvalue weighted by Crippen LogP contribution is -2.22. The third-order valence-electron chi connectivity index (χ3n) is 2.72. The number of carboxylic acids is 1. The van der Waals surface area contributed by atoms with Crippen LogP contribution in [0.15, 0.2) is 12.1 Å². The second kappa shape index (κ2) is 4.57. The Morgan fingerprint density at radius 2 is 2.00 bits per heavy atom. The van der Waals surface area contributed by atoms with E-state index in [0.29, 0.717) is 3.57 Å². The maximum absolute atomic E-state index is 14.0. The molecule has 1 N–H and O–H groups in total. The summed E-state index contributed by atoms with van der Waals surface area (Å²) in [7, 11) is 0. The van der Waals surface area contributed by atoms with Crippen molar-refractivity contribution in [1.82, 2.24) is 0 Å². The molecule has 0 atom stereocenters. The quantitative estimate of drug-likeness (QED) is 0.845. The van der Waals surface area contributed by atoms with Gasteiger partial charge >= 0.3 is 5.97 Å². The van der Waals surface area contributed by atoms with Gasteiger partial charge in [0.15, 0.2) is 5.82 Å². The second-order valence-corrected chi connectivity index (χ2v) is 4.92. The minimum Gasteiger partial charge on any atom is -0.478 e. The number of halogens is 2. The summed E-state index contributed by atoms with van der Waals surface area (Å²) in [4.78, 5) is 12.9. The molecule has 1 aromatic rings. The molecule has 0 aromatic heterocycles. The number of carboxylic acid groups (broad SMARTS) is 1. The van der Waals surface area contributed by atoms with Crippen LogP contribution in [0, 0.1) is 9.39 Å². The molecule has 0 bridgehead atoms. The third-order valence-corrected chi connectivity index (χ3v) is 3.55. The average Bonchev–Trinajstić information content (AvgIpc) is 2.74. The molecular weight excluding hydrogens is 324 g/mol. The van der Waals surface area contributed by atoms with E-state index < -0.39 is 11.8 Å². The molecule has 1 aromatic carbocycles. The summed E-state index contributed by atoms with van der Waals surface area (Å²) in [5.74, 6) is -1.49. The molecular formula is C11H11FINO2. The van der Waals surface area contributed by atoms with E-state index in [0.717, 1.165) is 25.9 Å². The molecule has 2 rings (SSSR count). The summed E-state index contributed by atoms with van der Waals surface area (Å²) in [5, 5.41) is 9.05. The van der Waals surface area contributed by atoms with E-state index in [1.54, 1.807) is 0 Å². The van der Waals surface area contributed by atoms with Crippen molar-refractivity contribution in [3.63, 3.8) is 0 Å². The van der Waals surface area contributed by atoms with Crippen molar-refractivity contribution in [1.29, 1.82) is 0 Å². The van der Waals surface area contributed by atoms with Gasteiger partial charge in [0.2, 0.25) is 0 Å². The van der Waals surface area contributed by atoms with Crippen LogP contribution in [-0.2, 0) is 0 Å². The minimum absolute atomic E-state index is 0.0554. The summed E-state index contributed by atoms with van der Waals surface area (Å²) in [6.45, 7) is 1.47. The van der Waals surface area contributed by atoms with E-state index >= 15 is 0 Å². The van der Waals surface area contributed by atoms with Crippen molar-refractivity contribution in [2.24, 2.45) is 0 Å². The van der Waals surface area contributed by atoms with Gasteiger partial charge in [-0.1, -0.05) is 0 Å². The Balaban J connectivity index is 2.53. The number of nitrogens with zero attached hydrogens (tertiary/aromatic N) is 1. The largest absolute Gasteiger partial charge is 0.478 e. The molecule has 0 saturated carbocycles. The van der Waals surface area contributed by atoms with Gasteiger partial charge in [-0.25, -0.2) is 9.18 Å². The molecule has 5 heteroatoms. The van der Waals surface area contributed by atoms with Gasteiger partial charge in [-0.2, -0.15) is 0 Å². The smallest absolute Gasteiger partial charge is 0.337 e. The normalized spacial score (nSPS) is 15.5. The highest BCUT2D eigenvalue weighted by molar-refractivity contribution is 14.1. The van der Waals surface area contributed by atoms with Gasteiger partial charge in [0.25, 0.3) is 0 Å². The van der Waals surface area contributed by atoms with Crippen LogP contribution in [0.4, 0.5) is 10.1 Å². The maximum atomic E-state index is 14.0. The first kappa shape index (κ1) is 11.6. The summed E-state index contributed by atoms with van der Waals surface area (Å²) in [5.41, 5.74) is 0.303. The number of carbonyl (C=O) groups is 1. The van der Waals surface area contributed by atoms with Crippen LogP contribution in [0.25, 0.3) is 0 Å². The number of anilines is 1. The van der Waals surface area contributed by atoms with Gasteiger partial charge in [-0.05, 0) is 47.6 Å². The first-order chi connectivity index (χ1) is 7.61. The molecule has 0 radical (unpaired) electrons. The highest BCUT2D eigenvalue weighted by Gasteiger charge is 2.24. The van der Waals surface area contributed by atoms with Crippen molar-refractivity contribution in [3.05, 3.63) is 27.1 Å². The Morgan fingerprint density at radius 1 is 1.38 bits per heavy atom. The molecule has 0 amide bonds. The fourth-order valence-electron chi connectivity index (χ4n) is 1.96. The first-order valence-corrected chi connectivity index (χ1v) is 6.15. The van der Waals surface area contributed by atoms with Crippen molar-refractivity contribution in [3.8, 4) is 0 Å². The molecule has 0 unspecified atom stereocenters. The second-order valence-electron chi connectivity index (χ2n) is 3.76. The summed E-state index contributed by atoms with van der Waals surface area (Å²) in [6, 6.07) is 2.97. The topological polar surface area (TPSA) is 40.5 Å². The van der Waals surface area contributed by atoms with Crippen molar-refractivity contribution in [2.75, 3.05) is 18.0 Å². The van der Waals surface area contributed by atoms with Gasteiger partial charge < -0.3 is 10.0 Å². The lowest BCUT2D eigenvalue weighted by atomic mass is 10.1. The molecule has 1 heterocycles. The van der Waals surface area contributed by atoms with Crippen LogP contribution >= 0.6 is 22.6 Å². The molecule has 3 nitrogen and oxygen atoms in total. The molecule has 1 fully saturated rings. The number of aromatic carboxylic acids is 1. The predicted molar refractivity (Wildman–Crippen MR) is 67.5 cm³/mol. The SMILES string of the molecule is O=C(O)c1ccc(I)c(F)c1N1CCCC1. The number of benzene rings is 1. The molecule has 86 valence electrons. The average molecular weight is 335 g/mol. The van der Waals surface area contributed by atoms with Crippen molar-refractivity contribution < 1.29 is 14.3 Å². The Kier molecular flexibility index (Phi) is 3.32. The van der Waals surface area contributed by atoms with Crippen LogP contribution in [0.3, 0.4) is 0 Å². The highest BCUT2D eigenvalue weighted by Crippen LogP contribution is 2.30. The Hall–Kier alpha value is -0.850. The van der Waals surface area contributed by atoms with Crippen LogP contribution in [0.2, 0.25) is 0 Å². The molecule has 0 aliphatic carbocycles. The van der Waals surface area contributed by atoms with E-state index in [2.05, 4.69) is 0 Å². The lowest BCUT2D eigenvalue weighted by molar-refractivity contribution is 0.0697. The Morgan fingerprint density at radius 3 is 2.56 bits per heavy atom. The summed E-state index contributed by atoms with van der Waals surface area (Å²) in [6.07, 6.45) is 1.98. The van der Waals surface area contributed by atoms with E-state index in [4.69, 9.17) is 5.11 Å². The van der Waals surface area contributed by atoms with Gasteiger partial charge in [0.05, 0.1) is 14.8 Å². The molecule has 1 aliphatic heterocycles. The molecule has 16 heavy (non-hydrogen) atoms. The predicted octanol–water partition coefficient (Wildman–Crippen LogP) is 2.73. The maximum Gasteiger partial charge on any atom is 0.337 e. The number of hydrogen-bond donors (Lipinski definition) is 1. The van der Waals surface area contributed by atoms with Crippen molar-refractivity contribution >= 4 is 34.2 Å². The zero-order valence-electron chi connectivity index (χ0n) is 8.54. The van der Waals surface area contributed by atoms with E-state index in [1.165, 1.54) is 12.1 Å².